The number of ether oxygens (including phenoxy) is 1. The van der Waals surface area contributed by atoms with Crippen molar-refractivity contribution >= 4 is 11.8 Å². The molecule has 0 saturated heterocycles. The molecular weight excluding hydrogens is 208 g/mol. The van der Waals surface area contributed by atoms with Crippen molar-refractivity contribution in [3.63, 3.8) is 0 Å². The number of rotatable bonds is 7. The van der Waals surface area contributed by atoms with Crippen LogP contribution in [0.15, 0.2) is 23.2 Å². The molecule has 1 N–H and O–H groups in total. The molecule has 15 heavy (non-hydrogen) atoms. The van der Waals surface area contributed by atoms with E-state index >= 15 is 0 Å². The van der Waals surface area contributed by atoms with Crippen molar-refractivity contribution in [2.45, 2.75) is 18.2 Å². The summed E-state index contributed by atoms with van der Waals surface area (Å²) < 4.78 is 5.47. The van der Waals surface area contributed by atoms with Crippen LogP contribution in [0.1, 0.15) is 13.3 Å². The van der Waals surface area contributed by atoms with E-state index in [-0.39, 0.29) is 0 Å². The van der Waals surface area contributed by atoms with Gasteiger partial charge in [0.15, 0.2) is 0 Å². The Morgan fingerprint density at radius 2 is 2.27 bits per heavy atom. The Balaban J connectivity index is 2.20. The lowest BCUT2D eigenvalue weighted by atomic mass is 10.5. The zero-order valence-electron chi connectivity index (χ0n) is 9.32. The Hall–Kier alpha value is -0.740. The zero-order chi connectivity index (χ0) is 10.9. The summed E-state index contributed by atoms with van der Waals surface area (Å²) in [7, 11) is 0. The third kappa shape index (κ3) is 5.04. The molecule has 0 aliphatic heterocycles. The molecule has 84 valence electrons. The van der Waals surface area contributed by atoms with Gasteiger partial charge in [0.05, 0.1) is 0 Å². The largest absolute Gasteiger partial charge is 0.476 e. The Bertz CT molecular complexity index is 264. The van der Waals surface area contributed by atoms with Crippen LogP contribution in [0, 0.1) is 0 Å². The Kier molecular flexibility index (Phi) is 6.20. The van der Waals surface area contributed by atoms with E-state index in [4.69, 9.17) is 4.74 Å². The second-order valence-corrected chi connectivity index (χ2v) is 4.01. The lowest BCUT2D eigenvalue weighted by Gasteiger charge is -2.06. The van der Waals surface area contributed by atoms with E-state index in [0.29, 0.717) is 12.5 Å². The molecule has 0 radical (unpaired) electrons. The molecule has 0 aliphatic rings. The highest BCUT2D eigenvalue weighted by molar-refractivity contribution is 7.98. The van der Waals surface area contributed by atoms with Crippen LogP contribution in [0.3, 0.4) is 0 Å². The fourth-order valence-corrected chi connectivity index (χ4v) is 1.46. The predicted molar refractivity (Wildman–Crippen MR) is 64.7 cm³/mol. The fourth-order valence-electron chi connectivity index (χ4n) is 1.10. The van der Waals surface area contributed by atoms with Gasteiger partial charge >= 0.3 is 0 Å². The summed E-state index contributed by atoms with van der Waals surface area (Å²) >= 11 is 1.68. The standard InChI is InChI=1S/C11H18N2OS/c1-3-6-12-7-8-14-11-5-4-10(15-2)9-13-11/h4-5,9,12H,3,6-8H2,1-2H3. The number of hydrogen-bond donors (Lipinski definition) is 1. The van der Waals surface area contributed by atoms with Crippen LogP contribution in [0.25, 0.3) is 0 Å². The second-order valence-electron chi connectivity index (χ2n) is 3.13. The first-order chi connectivity index (χ1) is 7.36. The molecule has 1 heterocycles. The molecule has 0 unspecified atom stereocenters. The zero-order valence-corrected chi connectivity index (χ0v) is 10.1. The predicted octanol–water partition coefficient (Wildman–Crippen LogP) is 2.18. The van der Waals surface area contributed by atoms with Crippen molar-refractivity contribution in [1.82, 2.24) is 10.3 Å². The normalized spacial score (nSPS) is 10.3. The lowest BCUT2D eigenvalue weighted by Crippen LogP contribution is -2.21. The molecule has 0 spiro atoms. The van der Waals surface area contributed by atoms with Crippen LogP contribution in [0.4, 0.5) is 0 Å². The lowest BCUT2D eigenvalue weighted by molar-refractivity contribution is 0.302. The van der Waals surface area contributed by atoms with Gasteiger partial charge in [0.1, 0.15) is 6.61 Å². The van der Waals surface area contributed by atoms with Gasteiger partial charge in [0, 0.05) is 23.7 Å². The summed E-state index contributed by atoms with van der Waals surface area (Å²) in [6, 6.07) is 3.93. The van der Waals surface area contributed by atoms with Crippen LogP contribution in [0.5, 0.6) is 5.88 Å². The number of nitrogens with one attached hydrogen (secondary N) is 1. The highest BCUT2D eigenvalue weighted by Crippen LogP contribution is 2.15. The topological polar surface area (TPSA) is 34.1 Å². The summed E-state index contributed by atoms with van der Waals surface area (Å²) in [5.74, 6) is 0.700. The Morgan fingerprint density at radius 1 is 1.40 bits per heavy atom. The van der Waals surface area contributed by atoms with E-state index in [0.717, 1.165) is 24.4 Å². The van der Waals surface area contributed by atoms with Gasteiger partial charge in [-0.3, -0.25) is 0 Å². The minimum absolute atomic E-state index is 0.672. The van der Waals surface area contributed by atoms with Crippen LogP contribution in [0.2, 0.25) is 0 Å². The highest BCUT2D eigenvalue weighted by Gasteiger charge is 1.95. The molecule has 1 aromatic rings. The first-order valence-corrected chi connectivity index (χ1v) is 6.43. The van der Waals surface area contributed by atoms with Crippen LogP contribution in [-0.4, -0.2) is 30.9 Å². The molecule has 0 fully saturated rings. The number of nitrogens with zero attached hydrogens (tertiary/aromatic N) is 1. The molecule has 0 saturated carbocycles. The molecule has 4 heteroatoms. The van der Waals surface area contributed by atoms with Gasteiger partial charge in [-0.2, -0.15) is 0 Å². The molecule has 0 atom stereocenters. The van der Waals surface area contributed by atoms with Crippen LogP contribution in [-0.2, 0) is 0 Å². The maximum Gasteiger partial charge on any atom is 0.213 e. The third-order valence-corrected chi connectivity index (χ3v) is 2.61. The van der Waals surface area contributed by atoms with E-state index in [2.05, 4.69) is 17.2 Å². The fraction of sp³-hybridized carbons (Fsp3) is 0.545. The maximum absolute atomic E-state index is 5.47. The smallest absolute Gasteiger partial charge is 0.213 e. The van der Waals surface area contributed by atoms with Crippen molar-refractivity contribution in [3.05, 3.63) is 18.3 Å². The van der Waals surface area contributed by atoms with Gasteiger partial charge in [0.2, 0.25) is 5.88 Å². The third-order valence-electron chi connectivity index (χ3n) is 1.90. The molecule has 1 aromatic heterocycles. The van der Waals surface area contributed by atoms with Crippen molar-refractivity contribution in [2.24, 2.45) is 0 Å². The van der Waals surface area contributed by atoms with Crippen molar-refractivity contribution < 1.29 is 4.74 Å². The number of aromatic nitrogens is 1. The number of pyridine rings is 1. The molecule has 1 rings (SSSR count). The molecule has 0 bridgehead atoms. The minimum atomic E-state index is 0.672. The van der Waals surface area contributed by atoms with Gasteiger partial charge in [0.25, 0.3) is 0 Å². The van der Waals surface area contributed by atoms with Gasteiger partial charge < -0.3 is 10.1 Å². The summed E-state index contributed by atoms with van der Waals surface area (Å²) in [6.45, 7) is 4.74. The summed E-state index contributed by atoms with van der Waals surface area (Å²) in [6.07, 6.45) is 5.02. The molecule has 0 aliphatic carbocycles. The van der Waals surface area contributed by atoms with Gasteiger partial charge in [-0.1, -0.05) is 6.92 Å². The molecule has 0 aromatic carbocycles. The van der Waals surface area contributed by atoms with E-state index in [9.17, 15) is 0 Å². The molecular formula is C11H18N2OS. The Labute approximate surface area is 95.6 Å². The monoisotopic (exact) mass is 226 g/mol. The SMILES string of the molecule is CCCNCCOc1ccc(SC)cn1. The molecule has 0 amide bonds. The van der Waals surface area contributed by atoms with Gasteiger partial charge in [-0.15, -0.1) is 11.8 Å². The van der Waals surface area contributed by atoms with E-state index < -0.39 is 0 Å². The average Bonchev–Trinajstić information content (AvgIpc) is 2.30. The summed E-state index contributed by atoms with van der Waals surface area (Å²) in [4.78, 5) is 5.36. The van der Waals surface area contributed by atoms with E-state index in [1.807, 2.05) is 24.6 Å². The summed E-state index contributed by atoms with van der Waals surface area (Å²) in [5.41, 5.74) is 0. The maximum atomic E-state index is 5.47. The first-order valence-electron chi connectivity index (χ1n) is 5.20. The average molecular weight is 226 g/mol. The highest BCUT2D eigenvalue weighted by atomic mass is 32.2. The second kappa shape index (κ2) is 7.54. The van der Waals surface area contributed by atoms with Crippen molar-refractivity contribution in [1.29, 1.82) is 0 Å². The van der Waals surface area contributed by atoms with Crippen molar-refractivity contribution in [3.8, 4) is 5.88 Å². The number of hydrogen-bond acceptors (Lipinski definition) is 4. The summed E-state index contributed by atoms with van der Waals surface area (Å²) in [5, 5.41) is 3.27. The van der Waals surface area contributed by atoms with Crippen molar-refractivity contribution in [2.75, 3.05) is 26.0 Å². The van der Waals surface area contributed by atoms with E-state index in [1.54, 1.807) is 11.8 Å². The van der Waals surface area contributed by atoms with Gasteiger partial charge in [-0.25, -0.2) is 4.98 Å². The van der Waals surface area contributed by atoms with Gasteiger partial charge in [-0.05, 0) is 25.3 Å². The van der Waals surface area contributed by atoms with Crippen LogP contribution < -0.4 is 10.1 Å². The van der Waals surface area contributed by atoms with Crippen LogP contribution >= 0.6 is 11.8 Å². The van der Waals surface area contributed by atoms with E-state index in [1.165, 1.54) is 0 Å². The quantitative estimate of drug-likeness (QED) is 0.571. The number of thioether (sulfide) groups is 1. The Morgan fingerprint density at radius 3 is 2.87 bits per heavy atom. The molecule has 3 nitrogen and oxygen atoms in total. The first kappa shape index (κ1) is 12.3. The minimum Gasteiger partial charge on any atom is -0.476 e.